The molecule has 0 bridgehead atoms. The van der Waals surface area contributed by atoms with Gasteiger partial charge >= 0.3 is 5.97 Å². The normalized spacial score (nSPS) is 25.9. The van der Waals surface area contributed by atoms with Crippen LogP contribution in [0.4, 0.5) is 0 Å². The third kappa shape index (κ3) is 3.06. The van der Waals surface area contributed by atoms with Crippen molar-refractivity contribution in [1.29, 1.82) is 0 Å². The lowest BCUT2D eigenvalue weighted by Crippen LogP contribution is -2.48. The van der Waals surface area contributed by atoms with Gasteiger partial charge in [0.25, 0.3) is 0 Å². The van der Waals surface area contributed by atoms with Crippen molar-refractivity contribution in [3.63, 3.8) is 0 Å². The number of amides is 2. The first-order valence-corrected chi connectivity index (χ1v) is 7.29. The van der Waals surface area contributed by atoms with Gasteiger partial charge in [-0.15, -0.1) is 11.6 Å². The summed E-state index contributed by atoms with van der Waals surface area (Å²) in [6, 6.07) is 0.0431. The summed E-state index contributed by atoms with van der Waals surface area (Å²) in [7, 11) is 0. The molecule has 20 heavy (non-hydrogen) atoms. The molecule has 2 atom stereocenters. The van der Waals surface area contributed by atoms with E-state index in [0.717, 1.165) is 0 Å². The van der Waals surface area contributed by atoms with Crippen molar-refractivity contribution in [2.45, 2.75) is 37.6 Å². The van der Waals surface area contributed by atoms with Crippen LogP contribution >= 0.6 is 11.6 Å². The molecule has 0 spiro atoms. The average molecular weight is 303 g/mol. The zero-order chi connectivity index (χ0) is 14.9. The Morgan fingerprint density at radius 2 is 1.95 bits per heavy atom. The molecule has 2 saturated heterocycles. The molecule has 2 fully saturated rings. The van der Waals surface area contributed by atoms with Gasteiger partial charge in [0.2, 0.25) is 11.8 Å². The van der Waals surface area contributed by atoms with Crippen LogP contribution in [0.3, 0.4) is 0 Å². The number of carbonyl (C=O) groups is 3. The Bertz CT molecular complexity index is 419. The van der Waals surface area contributed by atoms with Crippen molar-refractivity contribution >= 4 is 29.4 Å². The van der Waals surface area contributed by atoms with E-state index in [-0.39, 0.29) is 24.3 Å². The largest absolute Gasteiger partial charge is 0.481 e. The van der Waals surface area contributed by atoms with Gasteiger partial charge in [-0.05, 0) is 19.8 Å². The van der Waals surface area contributed by atoms with Crippen LogP contribution in [0.2, 0.25) is 0 Å². The predicted octanol–water partition coefficient (Wildman–Crippen LogP) is 0.538. The number of carbonyl (C=O) groups excluding carboxylic acids is 2. The monoisotopic (exact) mass is 302 g/mol. The van der Waals surface area contributed by atoms with Gasteiger partial charge in [-0.25, -0.2) is 0 Å². The van der Waals surface area contributed by atoms with Crippen molar-refractivity contribution in [2.75, 3.05) is 19.6 Å². The molecule has 0 aromatic heterocycles. The van der Waals surface area contributed by atoms with Gasteiger partial charge in [-0.3, -0.25) is 14.4 Å². The first kappa shape index (κ1) is 15.1. The fourth-order valence-corrected chi connectivity index (χ4v) is 3.04. The molecule has 1 N–H and O–H groups in total. The van der Waals surface area contributed by atoms with Crippen LogP contribution in [0.25, 0.3) is 0 Å². The van der Waals surface area contributed by atoms with E-state index < -0.39 is 17.3 Å². The van der Waals surface area contributed by atoms with E-state index in [1.54, 1.807) is 16.7 Å². The van der Waals surface area contributed by atoms with Crippen LogP contribution in [0.5, 0.6) is 0 Å². The Kier molecular flexibility index (Phi) is 4.52. The number of halogens is 1. The minimum Gasteiger partial charge on any atom is -0.481 e. The molecular weight excluding hydrogens is 284 g/mol. The number of likely N-dealkylation sites (tertiary alicyclic amines) is 2. The highest BCUT2D eigenvalue weighted by molar-refractivity contribution is 6.30. The summed E-state index contributed by atoms with van der Waals surface area (Å²) >= 11 is 5.78. The summed E-state index contributed by atoms with van der Waals surface area (Å²) in [5, 5.41) is 8.45. The Morgan fingerprint density at radius 3 is 2.40 bits per heavy atom. The fourth-order valence-electron chi connectivity index (χ4n) is 2.90. The molecule has 2 unspecified atom stereocenters. The number of rotatable bonds is 3. The van der Waals surface area contributed by atoms with E-state index in [1.807, 2.05) is 0 Å². The smallest absolute Gasteiger partial charge is 0.308 e. The van der Waals surface area contributed by atoms with E-state index in [1.165, 1.54) is 0 Å². The molecule has 2 rings (SSSR count). The van der Waals surface area contributed by atoms with E-state index >= 15 is 0 Å². The molecule has 2 amide bonds. The van der Waals surface area contributed by atoms with Crippen LogP contribution in [-0.2, 0) is 14.4 Å². The first-order valence-electron chi connectivity index (χ1n) is 6.85. The van der Waals surface area contributed by atoms with E-state index in [4.69, 9.17) is 16.7 Å². The number of carboxylic acids is 1. The highest BCUT2D eigenvalue weighted by Crippen LogP contribution is 2.26. The zero-order valence-corrected chi connectivity index (χ0v) is 12.2. The second kappa shape index (κ2) is 5.99. The van der Waals surface area contributed by atoms with Crippen molar-refractivity contribution in [3.8, 4) is 0 Å². The maximum atomic E-state index is 11.9. The second-order valence-corrected chi connectivity index (χ2v) is 6.11. The summed E-state index contributed by atoms with van der Waals surface area (Å²) in [5.41, 5.74) is 0. The lowest BCUT2D eigenvalue weighted by Gasteiger charge is -2.37. The van der Waals surface area contributed by atoms with Crippen LogP contribution in [0.1, 0.15) is 26.2 Å². The summed E-state index contributed by atoms with van der Waals surface area (Å²) in [6.45, 7) is 3.08. The molecule has 0 saturated carbocycles. The quantitative estimate of drug-likeness (QED) is 0.772. The van der Waals surface area contributed by atoms with Crippen molar-refractivity contribution in [3.05, 3.63) is 0 Å². The maximum absolute atomic E-state index is 11.9. The number of hydrogen-bond acceptors (Lipinski definition) is 3. The van der Waals surface area contributed by atoms with E-state index in [2.05, 4.69) is 0 Å². The zero-order valence-electron chi connectivity index (χ0n) is 11.4. The Hall–Kier alpha value is -1.30. The van der Waals surface area contributed by atoms with Gasteiger partial charge < -0.3 is 14.9 Å². The third-order valence-corrected chi connectivity index (χ3v) is 4.25. The predicted molar refractivity (Wildman–Crippen MR) is 72.4 cm³/mol. The number of alkyl halides is 1. The Balaban J connectivity index is 1.90. The van der Waals surface area contributed by atoms with Crippen LogP contribution in [0.15, 0.2) is 0 Å². The second-order valence-electron chi connectivity index (χ2n) is 5.46. The highest BCUT2D eigenvalue weighted by Gasteiger charge is 2.39. The molecule has 0 aromatic carbocycles. The molecule has 112 valence electrons. The van der Waals surface area contributed by atoms with Crippen molar-refractivity contribution < 1.29 is 19.5 Å². The molecule has 0 radical (unpaired) electrons. The number of nitrogens with zero attached hydrogens (tertiary/aromatic N) is 2. The summed E-state index contributed by atoms with van der Waals surface area (Å²) in [5.74, 6) is -1.68. The van der Waals surface area contributed by atoms with Gasteiger partial charge in [0.15, 0.2) is 0 Å². The topological polar surface area (TPSA) is 77.9 Å². The van der Waals surface area contributed by atoms with Gasteiger partial charge in [0, 0.05) is 32.1 Å². The number of aliphatic carboxylic acids is 1. The van der Waals surface area contributed by atoms with Gasteiger partial charge in [-0.2, -0.15) is 0 Å². The molecule has 2 aliphatic heterocycles. The standard InChI is InChI=1S/C13H19ClN2O4/c1-8(14)12(18)15-4-2-10(3-5-15)16-7-9(13(19)20)6-11(16)17/h8-10H,2-7H2,1H3,(H,19,20). The molecule has 0 aromatic rings. The molecular formula is C13H19ClN2O4. The Labute approximate surface area is 122 Å². The van der Waals surface area contributed by atoms with Crippen LogP contribution in [0, 0.1) is 5.92 Å². The fraction of sp³-hybridized carbons (Fsp3) is 0.769. The summed E-state index contributed by atoms with van der Waals surface area (Å²) < 4.78 is 0. The number of piperidine rings is 1. The highest BCUT2D eigenvalue weighted by atomic mass is 35.5. The lowest BCUT2D eigenvalue weighted by atomic mass is 10.0. The molecule has 2 aliphatic rings. The first-order chi connectivity index (χ1) is 9.40. The van der Waals surface area contributed by atoms with Crippen LogP contribution in [-0.4, -0.2) is 63.7 Å². The minimum atomic E-state index is -0.913. The Morgan fingerprint density at radius 1 is 1.35 bits per heavy atom. The molecule has 0 aliphatic carbocycles. The van der Waals surface area contributed by atoms with Crippen LogP contribution < -0.4 is 0 Å². The third-order valence-electron chi connectivity index (χ3n) is 4.06. The van der Waals surface area contributed by atoms with Gasteiger partial charge in [0.1, 0.15) is 5.38 Å². The molecule has 7 heteroatoms. The minimum absolute atomic E-state index is 0.0431. The summed E-state index contributed by atoms with van der Waals surface area (Å²) in [4.78, 5) is 38.0. The van der Waals surface area contributed by atoms with Crippen molar-refractivity contribution in [1.82, 2.24) is 9.80 Å². The SMILES string of the molecule is CC(Cl)C(=O)N1CCC(N2CC(C(=O)O)CC2=O)CC1. The number of carboxylic acid groups (broad SMARTS) is 1. The lowest BCUT2D eigenvalue weighted by molar-refractivity contribution is -0.141. The number of hydrogen-bond donors (Lipinski definition) is 1. The molecule has 6 nitrogen and oxygen atoms in total. The van der Waals surface area contributed by atoms with E-state index in [9.17, 15) is 14.4 Å². The van der Waals surface area contributed by atoms with Gasteiger partial charge in [0.05, 0.1) is 5.92 Å². The van der Waals surface area contributed by atoms with Crippen molar-refractivity contribution in [2.24, 2.45) is 5.92 Å². The van der Waals surface area contributed by atoms with Gasteiger partial charge in [-0.1, -0.05) is 0 Å². The maximum Gasteiger partial charge on any atom is 0.308 e. The average Bonchev–Trinajstić information content (AvgIpc) is 2.80. The summed E-state index contributed by atoms with van der Waals surface area (Å²) in [6.07, 6.45) is 1.47. The molecule has 2 heterocycles. The van der Waals surface area contributed by atoms with E-state index in [0.29, 0.717) is 32.5 Å².